The van der Waals surface area contributed by atoms with Gasteiger partial charge in [0.15, 0.2) is 0 Å². The summed E-state index contributed by atoms with van der Waals surface area (Å²) in [5.41, 5.74) is -0.632. The highest BCUT2D eigenvalue weighted by atomic mass is 19.1. The van der Waals surface area contributed by atoms with Crippen LogP contribution in [0.2, 0.25) is 0 Å². The van der Waals surface area contributed by atoms with E-state index in [1.54, 1.807) is 13.8 Å². The van der Waals surface area contributed by atoms with E-state index in [0.717, 1.165) is 18.2 Å². The number of nitrogens with one attached hydrogen (secondary N) is 1. The van der Waals surface area contributed by atoms with Gasteiger partial charge in [0.1, 0.15) is 11.5 Å². The third kappa shape index (κ3) is 3.71. The molecule has 1 aromatic rings. The van der Waals surface area contributed by atoms with Crippen LogP contribution < -0.4 is 5.32 Å². The summed E-state index contributed by atoms with van der Waals surface area (Å²) in [4.78, 5) is 21.1. The number of anilines is 1. The van der Waals surface area contributed by atoms with Crippen LogP contribution in [0.4, 0.5) is 20.6 Å². The van der Waals surface area contributed by atoms with Gasteiger partial charge in [0.2, 0.25) is 0 Å². The molecule has 0 aliphatic heterocycles. The van der Waals surface area contributed by atoms with Crippen molar-refractivity contribution in [3.8, 4) is 0 Å². The normalized spacial score (nSPS) is 10.1. The number of hydrogen-bond donors (Lipinski definition) is 1. The molecule has 0 aromatic heterocycles. The molecule has 1 amide bonds. The van der Waals surface area contributed by atoms with Crippen molar-refractivity contribution in [2.45, 2.75) is 20.0 Å². The number of halogens is 1. The summed E-state index contributed by atoms with van der Waals surface area (Å²) < 4.78 is 17.6. The Bertz CT molecular complexity index is 448. The van der Waals surface area contributed by atoms with Crippen LogP contribution in [0.3, 0.4) is 0 Å². The van der Waals surface area contributed by atoms with Crippen LogP contribution in [-0.4, -0.2) is 17.1 Å². The standard InChI is InChI=1S/C10H11FN2O4/c1-6(2)17-10(14)12-8-5-7(11)3-4-9(8)13(15)16/h3-6H,1-2H3,(H,12,14). The number of hydrogen-bond acceptors (Lipinski definition) is 4. The molecule has 0 unspecified atom stereocenters. The Morgan fingerprint density at radius 1 is 1.53 bits per heavy atom. The first-order valence-electron chi connectivity index (χ1n) is 4.81. The molecule has 1 N–H and O–H groups in total. The first-order chi connectivity index (χ1) is 7.90. The summed E-state index contributed by atoms with van der Waals surface area (Å²) >= 11 is 0. The summed E-state index contributed by atoms with van der Waals surface area (Å²) in [5, 5.41) is 12.7. The lowest BCUT2D eigenvalue weighted by atomic mass is 10.2. The topological polar surface area (TPSA) is 81.5 Å². The Morgan fingerprint density at radius 2 is 2.18 bits per heavy atom. The number of amides is 1. The van der Waals surface area contributed by atoms with E-state index in [1.165, 1.54) is 0 Å². The van der Waals surface area contributed by atoms with Gasteiger partial charge in [0, 0.05) is 12.1 Å². The molecule has 0 aliphatic rings. The number of nitrogens with zero attached hydrogens (tertiary/aromatic N) is 1. The lowest BCUT2D eigenvalue weighted by Gasteiger charge is -2.09. The minimum atomic E-state index is -0.867. The highest BCUT2D eigenvalue weighted by Crippen LogP contribution is 2.25. The number of ether oxygens (including phenoxy) is 1. The van der Waals surface area contributed by atoms with E-state index < -0.39 is 22.5 Å². The summed E-state index contributed by atoms with van der Waals surface area (Å²) in [6, 6.07) is 2.77. The van der Waals surface area contributed by atoms with E-state index in [0.29, 0.717) is 0 Å². The van der Waals surface area contributed by atoms with Crippen molar-refractivity contribution in [3.63, 3.8) is 0 Å². The van der Waals surface area contributed by atoms with Gasteiger partial charge in [-0.05, 0) is 19.9 Å². The molecule has 0 spiro atoms. The van der Waals surface area contributed by atoms with Crippen LogP contribution in [-0.2, 0) is 4.74 Å². The Kier molecular flexibility index (Phi) is 3.97. The van der Waals surface area contributed by atoms with E-state index in [2.05, 4.69) is 5.32 Å². The number of carbonyl (C=O) groups is 1. The number of nitro benzene ring substituents is 1. The average molecular weight is 242 g/mol. The van der Waals surface area contributed by atoms with E-state index in [4.69, 9.17) is 4.74 Å². The maximum atomic E-state index is 12.9. The Hall–Kier alpha value is -2.18. The second-order valence-corrected chi connectivity index (χ2v) is 3.50. The van der Waals surface area contributed by atoms with Crippen molar-refractivity contribution in [2.75, 3.05) is 5.32 Å². The summed E-state index contributed by atoms with van der Waals surface area (Å²) in [6.45, 7) is 3.25. The Labute approximate surface area is 96.5 Å². The number of nitro groups is 1. The molecule has 1 rings (SSSR count). The first-order valence-corrected chi connectivity index (χ1v) is 4.81. The largest absolute Gasteiger partial charge is 0.447 e. The summed E-state index contributed by atoms with van der Waals surface area (Å²) in [6.07, 6.45) is -1.24. The molecule has 92 valence electrons. The third-order valence-corrected chi connectivity index (χ3v) is 1.73. The monoisotopic (exact) mass is 242 g/mol. The molecule has 1 aromatic carbocycles. The summed E-state index contributed by atoms with van der Waals surface area (Å²) in [5.74, 6) is -0.685. The molecule has 17 heavy (non-hydrogen) atoms. The molecule has 6 nitrogen and oxygen atoms in total. The van der Waals surface area contributed by atoms with Crippen molar-refractivity contribution < 1.29 is 18.8 Å². The molecular weight excluding hydrogens is 231 g/mol. The van der Waals surface area contributed by atoms with Gasteiger partial charge in [-0.2, -0.15) is 0 Å². The van der Waals surface area contributed by atoms with E-state index in [1.807, 2.05) is 0 Å². The molecule has 0 saturated heterocycles. The Balaban J connectivity index is 2.92. The van der Waals surface area contributed by atoms with Crippen molar-refractivity contribution in [2.24, 2.45) is 0 Å². The van der Waals surface area contributed by atoms with Gasteiger partial charge in [-0.15, -0.1) is 0 Å². The van der Waals surface area contributed by atoms with Gasteiger partial charge < -0.3 is 4.74 Å². The molecule has 0 bridgehead atoms. The van der Waals surface area contributed by atoms with Crippen LogP contribution in [0.25, 0.3) is 0 Å². The van der Waals surface area contributed by atoms with Gasteiger partial charge in [-0.25, -0.2) is 9.18 Å². The van der Waals surface area contributed by atoms with Crippen molar-refractivity contribution in [3.05, 3.63) is 34.1 Å². The lowest BCUT2D eigenvalue weighted by Crippen LogP contribution is -2.18. The smallest absolute Gasteiger partial charge is 0.412 e. The minimum absolute atomic E-state index is 0.236. The van der Waals surface area contributed by atoms with Crippen molar-refractivity contribution >= 4 is 17.5 Å². The van der Waals surface area contributed by atoms with Gasteiger partial charge in [0.05, 0.1) is 11.0 Å². The third-order valence-electron chi connectivity index (χ3n) is 1.73. The highest BCUT2D eigenvalue weighted by molar-refractivity contribution is 5.87. The lowest BCUT2D eigenvalue weighted by molar-refractivity contribution is -0.384. The summed E-state index contributed by atoms with van der Waals surface area (Å²) in [7, 11) is 0. The minimum Gasteiger partial charge on any atom is -0.447 e. The van der Waals surface area contributed by atoms with Crippen LogP contribution >= 0.6 is 0 Å². The number of rotatable bonds is 3. The van der Waals surface area contributed by atoms with Gasteiger partial charge >= 0.3 is 6.09 Å². The molecular formula is C10H11FN2O4. The molecule has 0 radical (unpaired) electrons. The maximum Gasteiger partial charge on any atom is 0.412 e. The highest BCUT2D eigenvalue weighted by Gasteiger charge is 2.17. The van der Waals surface area contributed by atoms with Gasteiger partial charge in [0.25, 0.3) is 5.69 Å². The molecule has 0 aliphatic carbocycles. The maximum absolute atomic E-state index is 12.9. The van der Waals surface area contributed by atoms with Crippen LogP contribution in [0.15, 0.2) is 18.2 Å². The number of carbonyl (C=O) groups excluding carboxylic acids is 1. The predicted molar refractivity (Wildman–Crippen MR) is 58.3 cm³/mol. The molecule has 0 saturated carbocycles. The fourth-order valence-electron chi connectivity index (χ4n) is 1.12. The van der Waals surface area contributed by atoms with Crippen molar-refractivity contribution in [1.29, 1.82) is 0 Å². The van der Waals surface area contributed by atoms with Gasteiger partial charge in [-0.3, -0.25) is 15.4 Å². The quantitative estimate of drug-likeness (QED) is 0.652. The first kappa shape index (κ1) is 12.9. The zero-order valence-electron chi connectivity index (χ0n) is 9.27. The SMILES string of the molecule is CC(C)OC(=O)Nc1cc(F)ccc1[N+](=O)[O-]. The van der Waals surface area contributed by atoms with Crippen LogP contribution in [0.1, 0.15) is 13.8 Å². The molecule has 7 heteroatoms. The van der Waals surface area contributed by atoms with Crippen molar-refractivity contribution in [1.82, 2.24) is 0 Å². The van der Waals surface area contributed by atoms with E-state index in [9.17, 15) is 19.3 Å². The number of benzene rings is 1. The fraction of sp³-hybridized carbons (Fsp3) is 0.300. The Morgan fingerprint density at radius 3 is 2.71 bits per heavy atom. The van der Waals surface area contributed by atoms with E-state index >= 15 is 0 Å². The predicted octanol–water partition coefficient (Wildman–Crippen LogP) is 2.69. The second kappa shape index (κ2) is 5.24. The molecule has 0 atom stereocenters. The van der Waals surface area contributed by atoms with Crippen LogP contribution in [0.5, 0.6) is 0 Å². The second-order valence-electron chi connectivity index (χ2n) is 3.50. The zero-order valence-corrected chi connectivity index (χ0v) is 9.27. The molecule has 0 heterocycles. The van der Waals surface area contributed by atoms with Gasteiger partial charge in [-0.1, -0.05) is 0 Å². The van der Waals surface area contributed by atoms with E-state index in [-0.39, 0.29) is 11.8 Å². The zero-order chi connectivity index (χ0) is 13.0. The fourth-order valence-corrected chi connectivity index (χ4v) is 1.12. The molecule has 0 fully saturated rings. The van der Waals surface area contributed by atoms with Crippen LogP contribution in [0, 0.1) is 15.9 Å². The average Bonchev–Trinajstić information content (AvgIpc) is 2.15.